The Balaban J connectivity index is 1.97. The van der Waals surface area contributed by atoms with E-state index < -0.39 is 0 Å². The molecule has 1 atom stereocenters. The molecule has 0 aromatic rings. The van der Waals surface area contributed by atoms with Crippen molar-refractivity contribution in [2.24, 2.45) is 0 Å². The van der Waals surface area contributed by atoms with Gasteiger partial charge in [0.05, 0.1) is 8.81 Å². The third kappa shape index (κ3) is 5.69. The maximum Gasteiger partial charge on any atom is 0.412 e. The quantitative estimate of drug-likeness (QED) is 0.526. The van der Waals surface area contributed by atoms with Crippen LogP contribution in [0.4, 0.5) is 4.79 Å². The van der Waals surface area contributed by atoms with E-state index in [1.165, 1.54) is 32.1 Å². The zero-order valence-electron chi connectivity index (χ0n) is 10.3. The molecule has 0 radical (unpaired) electrons. The summed E-state index contributed by atoms with van der Waals surface area (Å²) in [7, 11) is 0.357. The number of likely N-dealkylation sites (tertiary alicyclic amines) is 1. The number of nitrogens with zero attached hydrogens (tertiary/aromatic N) is 1. The molecule has 1 unspecified atom stereocenters. The number of hydrogen-bond acceptors (Lipinski definition) is 2. The van der Waals surface area contributed by atoms with Crippen molar-refractivity contribution in [2.45, 2.75) is 51.9 Å². The molecule has 0 aromatic heterocycles. The summed E-state index contributed by atoms with van der Waals surface area (Å²) >= 11 is 0. The molecule has 1 heterocycles. The van der Waals surface area contributed by atoms with Crippen molar-refractivity contribution in [3.8, 4) is 0 Å². The molecule has 1 fully saturated rings. The topological polar surface area (TPSA) is 29.5 Å². The average Bonchev–Trinajstić information content (AvgIpc) is 2.34. The zero-order valence-corrected chi connectivity index (χ0v) is 11.3. The molecule has 0 aliphatic carbocycles. The minimum absolute atomic E-state index is 0.0893. The Hall–Kier alpha value is -0.300. The molecule has 0 saturated carbocycles. The molecule has 0 aromatic carbocycles. The van der Waals surface area contributed by atoms with E-state index in [1.54, 1.807) is 0 Å². The van der Waals surface area contributed by atoms with Crippen LogP contribution in [0.15, 0.2) is 0 Å². The number of hydrogen-bond donors (Lipinski definition) is 0. The monoisotopic (exact) mass is 245 g/mol. The number of piperidine rings is 1. The fourth-order valence-corrected chi connectivity index (χ4v) is 2.63. The van der Waals surface area contributed by atoms with Crippen molar-refractivity contribution in [3.05, 3.63) is 0 Å². The van der Waals surface area contributed by atoms with E-state index in [4.69, 9.17) is 4.52 Å². The summed E-state index contributed by atoms with van der Waals surface area (Å²) in [4.78, 5) is 13.4. The summed E-state index contributed by atoms with van der Waals surface area (Å²) in [5.41, 5.74) is 0. The molecule has 1 amide bonds. The highest BCUT2D eigenvalue weighted by Crippen LogP contribution is 2.19. The molecular formula is C12H24NO2P. The predicted octanol–water partition coefficient (Wildman–Crippen LogP) is 3.78. The first-order valence-electron chi connectivity index (χ1n) is 6.53. The van der Waals surface area contributed by atoms with Gasteiger partial charge in [0.25, 0.3) is 0 Å². The summed E-state index contributed by atoms with van der Waals surface area (Å²) in [5, 5.41) is 0. The van der Waals surface area contributed by atoms with E-state index in [9.17, 15) is 4.79 Å². The molecule has 1 rings (SSSR count). The standard InChI is InChI=1S/C12H24NO2P/c1-2-3-4-8-11-16-15-12(14)13-9-6-5-7-10-13/h16H,2-11H2,1H3. The Kier molecular flexibility index (Phi) is 7.58. The molecular weight excluding hydrogens is 221 g/mol. The van der Waals surface area contributed by atoms with Crippen LogP contribution in [0.2, 0.25) is 0 Å². The minimum atomic E-state index is -0.0893. The largest absolute Gasteiger partial charge is 0.432 e. The van der Waals surface area contributed by atoms with Crippen LogP contribution in [0.25, 0.3) is 0 Å². The second-order valence-electron chi connectivity index (χ2n) is 4.37. The van der Waals surface area contributed by atoms with E-state index in [1.807, 2.05) is 4.90 Å². The zero-order chi connectivity index (χ0) is 11.6. The van der Waals surface area contributed by atoms with Gasteiger partial charge in [-0.2, -0.15) is 0 Å². The Labute approximate surface area is 101 Å². The van der Waals surface area contributed by atoms with Crippen molar-refractivity contribution in [2.75, 3.05) is 19.3 Å². The second-order valence-corrected chi connectivity index (χ2v) is 5.36. The Morgan fingerprint density at radius 1 is 1.19 bits per heavy atom. The molecule has 0 N–H and O–H groups in total. The van der Waals surface area contributed by atoms with E-state index >= 15 is 0 Å². The van der Waals surface area contributed by atoms with Gasteiger partial charge < -0.3 is 9.42 Å². The number of amides is 1. The summed E-state index contributed by atoms with van der Waals surface area (Å²) < 4.78 is 5.28. The lowest BCUT2D eigenvalue weighted by atomic mass is 10.1. The van der Waals surface area contributed by atoms with Crippen LogP contribution in [0.5, 0.6) is 0 Å². The van der Waals surface area contributed by atoms with Gasteiger partial charge in [-0.15, -0.1) is 0 Å². The van der Waals surface area contributed by atoms with Crippen LogP contribution in [-0.4, -0.2) is 30.2 Å². The third-order valence-corrected chi connectivity index (χ3v) is 3.78. The van der Waals surface area contributed by atoms with Gasteiger partial charge in [-0.3, -0.25) is 0 Å². The fourth-order valence-electron chi connectivity index (χ4n) is 1.88. The van der Waals surface area contributed by atoms with Gasteiger partial charge in [0.2, 0.25) is 0 Å². The van der Waals surface area contributed by atoms with Crippen molar-refractivity contribution < 1.29 is 9.32 Å². The van der Waals surface area contributed by atoms with Gasteiger partial charge in [-0.05, 0) is 25.7 Å². The molecule has 1 aliphatic heterocycles. The third-order valence-electron chi connectivity index (χ3n) is 2.91. The van der Waals surface area contributed by atoms with Crippen LogP contribution in [0.1, 0.15) is 51.9 Å². The SMILES string of the molecule is CCCCCCPOC(=O)N1CCCCC1. The molecule has 16 heavy (non-hydrogen) atoms. The first kappa shape index (κ1) is 13.8. The molecule has 1 saturated heterocycles. The average molecular weight is 245 g/mol. The molecule has 4 heteroatoms. The van der Waals surface area contributed by atoms with E-state index in [0.717, 1.165) is 32.1 Å². The number of carbonyl (C=O) groups is 1. The molecule has 3 nitrogen and oxygen atoms in total. The van der Waals surface area contributed by atoms with Gasteiger partial charge in [0.15, 0.2) is 0 Å². The van der Waals surface area contributed by atoms with Crippen molar-refractivity contribution in [3.63, 3.8) is 0 Å². The summed E-state index contributed by atoms with van der Waals surface area (Å²) in [6.45, 7) is 3.98. The lowest BCUT2D eigenvalue weighted by Crippen LogP contribution is -2.34. The van der Waals surface area contributed by atoms with Crippen LogP contribution in [0.3, 0.4) is 0 Å². The molecule has 1 aliphatic rings. The second kappa shape index (κ2) is 8.81. The normalized spacial score (nSPS) is 16.9. The van der Waals surface area contributed by atoms with Crippen LogP contribution in [-0.2, 0) is 4.52 Å². The van der Waals surface area contributed by atoms with Gasteiger partial charge >= 0.3 is 6.09 Å². The van der Waals surface area contributed by atoms with Crippen molar-refractivity contribution >= 4 is 14.9 Å². The van der Waals surface area contributed by atoms with E-state index in [2.05, 4.69) is 6.92 Å². The first-order chi connectivity index (χ1) is 7.84. The maximum atomic E-state index is 11.6. The summed E-state index contributed by atoms with van der Waals surface area (Å²) in [6, 6.07) is 0. The van der Waals surface area contributed by atoms with Crippen LogP contribution >= 0.6 is 8.81 Å². The Morgan fingerprint density at radius 3 is 2.62 bits per heavy atom. The molecule has 0 spiro atoms. The van der Waals surface area contributed by atoms with Crippen LogP contribution < -0.4 is 0 Å². The van der Waals surface area contributed by atoms with Gasteiger partial charge in [0.1, 0.15) is 0 Å². The predicted molar refractivity (Wildman–Crippen MR) is 69.2 cm³/mol. The van der Waals surface area contributed by atoms with Crippen molar-refractivity contribution in [1.29, 1.82) is 0 Å². The van der Waals surface area contributed by atoms with Gasteiger partial charge in [0, 0.05) is 19.3 Å². The number of unbranched alkanes of at least 4 members (excludes halogenated alkanes) is 3. The minimum Gasteiger partial charge on any atom is -0.432 e. The van der Waals surface area contributed by atoms with Gasteiger partial charge in [-0.1, -0.05) is 26.2 Å². The Morgan fingerprint density at radius 2 is 1.94 bits per heavy atom. The van der Waals surface area contributed by atoms with Gasteiger partial charge in [-0.25, -0.2) is 4.79 Å². The summed E-state index contributed by atoms with van der Waals surface area (Å²) in [6.07, 6.45) is 9.49. The highest BCUT2D eigenvalue weighted by molar-refractivity contribution is 7.32. The summed E-state index contributed by atoms with van der Waals surface area (Å²) in [5.74, 6) is 0. The Bertz CT molecular complexity index is 193. The van der Waals surface area contributed by atoms with Crippen LogP contribution in [0, 0.1) is 0 Å². The fraction of sp³-hybridized carbons (Fsp3) is 0.917. The number of rotatable bonds is 6. The number of carbonyl (C=O) groups excluding carboxylic acids is 1. The van der Waals surface area contributed by atoms with E-state index in [-0.39, 0.29) is 6.09 Å². The lowest BCUT2D eigenvalue weighted by molar-refractivity contribution is 0.148. The highest BCUT2D eigenvalue weighted by atomic mass is 31.1. The molecule has 0 bridgehead atoms. The van der Waals surface area contributed by atoms with E-state index in [0.29, 0.717) is 8.81 Å². The molecule has 94 valence electrons. The highest BCUT2D eigenvalue weighted by Gasteiger charge is 2.17. The maximum absolute atomic E-state index is 11.6. The van der Waals surface area contributed by atoms with Crippen molar-refractivity contribution in [1.82, 2.24) is 4.90 Å². The lowest BCUT2D eigenvalue weighted by Gasteiger charge is -2.25. The smallest absolute Gasteiger partial charge is 0.412 e. The first-order valence-corrected chi connectivity index (χ1v) is 7.64.